The van der Waals surface area contributed by atoms with E-state index in [1.807, 2.05) is 26.8 Å². The van der Waals surface area contributed by atoms with Gasteiger partial charge in [0.25, 0.3) is 0 Å². The van der Waals surface area contributed by atoms with E-state index in [9.17, 15) is 4.79 Å². The van der Waals surface area contributed by atoms with E-state index in [1.54, 1.807) is 12.3 Å². The van der Waals surface area contributed by atoms with Gasteiger partial charge in [0, 0.05) is 18.8 Å². The molecule has 1 heterocycles. The van der Waals surface area contributed by atoms with Crippen molar-refractivity contribution in [1.82, 2.24) is 10.3 Å². The molecule has 0 fully saturated rings. The maximum Gasteiger partial charge on any atom is 0.407 e. The van der Waals surface area contributed by atoms with Crippen LogP contribution >= 0.6 is 11.6 Å². The lowest BCUT2D eigenvalue weighted by Crippen LogP contribution is -2.44. The minimum Gasteiger partial charge on any atom is -0.444 e. The Hall–Kier alpha value is -1.33. The summed E-state index contributed by atoms with van der Waals surface area (Å²) in [6.45, 7) is 5.76. The van der Waals surface area contributed by atoms with Crippen LogP contribution in [0, 0.1) is 0 Å². The van der Waals surface area contributed by atoms with Crippen LogP contribution in [0.1, 0.15) is 26.3 Å². The Bertz CT molecular complexity index is 432. The fourth-order valence-electron chi connectivity index (χ4n) is 1.52. The summed E-state index contributed by atoms with van der Waals surface area (Å²) in [6.07, 6.45) is 1.74. The fourth-order valence-corrected chi connectivity index (χ4v) is 1.72. The minimum atomic E-state index is -0.525. The third-order valence-electron chi connectivity index (χ3n) is 2.28. The highest BCUT2D eigenvalue weighted by Gasteiger charge is 2.19. The van der Waals surface area contributed by atoms with Crippen LogP contribution in [0.15, 0.2) is 18.3 Å². The van der Waals surface area contributed by atoms with Crippen LogP contribution in [0.2, 0.25) is 5.15 Å². The Balaban J connectivity index is 2.57. The summed E-state index contributed by atoms with van der Waals surface area (Å²) in [4.78, 5) is 15.6. The first-order valence-corrected chi connectivity index (χ1v) is 6.48. The molecule has 1 atom stereocenters. The summed E-state index contributed by atoms with van der Waals surface area (Å²) in [6, 6.07) is 3.39. The Kier molecular flexibility index (Phi) is 5.57. The van der Waals surface area contributed by atoms with Crippen molar-refractivity contribution in [2.24, 2.45) is 5.73 Å². The molecule has 0 saturated carbocycles. The number of amides is 1. The van der Waals surface area contributed by atoms with E-state index >= 15 is 0 Å². The largest absolute Gasteiger partial charge is 0.444 e. The molecule has 6 heteroatoms. The number of halogens is 1. The number of carbonyl (C=O) groups is 1. The second-order valence-corrected chi connectivity index (χ2v) is 5.66. The molecule has 1 amide bonds. The van der Waals surface area contributed by atoms with Crippen LogP contribution < -0.4 is 11.1 Å². The van der Waals surface area contributed by atoms with Gasteiger partial charge in [-0.25, -0.2) is 9.78 Å². The van der Waals surface area contributed by atoms with Gasteiger partial charge in [-0.1, -0.05) is 11.6 Å². The summed E-state index contributed by atoms with van der Waals surface area (Å²) < 4.78 is 5.19. The third kappa shape index (κ3) is 6.40. The van der Waals surface area contributed by atoms with Crippen molar-refractivity contribution in [1.29, 1.82) is 0 Å². The van der Waals surface area contributed by atoms with Crippen molar-refractivity contribution in [3.8, 4) is 0 Å². The molecule has 3 N–H and O–H groups in total. The molecule has 0 aliphatic heterocycles. The second-order valence-electron chi connectivity index (χ2n) is 5.27. The van der Waals surface area contributed by atoms with E-state index < -0.39 is 11.7 Å². The second kappa shape index (κ2) is 6.73. The predicted molar refractivity (Wildman–Crippen MR) is 75.2 cm³/mol. The van der Waals surface area contributed by atoms with Crippen molar-refractivity contribution >= 4 is 17.7 Å². The average molecular weight is 286 g/mol. The number of nitrogens with one attached hydrogen (secondary N) is 1. The Morgan fingerprint density at radius 1 is 1.58 bits per heavy atom. The fraction of sp³-hybridized carbons (Fsp3) is 0.538. The Labute approximate surface area is 118 Å². The summed E-state index contributed by atoms with van der Waals surface area (Å²) in [7, 11) is 0. The molecule has 0 radical (unpaired) electrons. The number of hydrogen-bond donors (Lipinski definition) is 2. The standard InChI is InChI=1S/C13H20ClN3O2/c1-13(2,3)19-12(18)17-10(8-15)6-9-4-5-16-11(14)7-9/h4-5,7,10H,6,8,15H2,1-3H3,(H,17,18). The predicted octanol–water partition coefficient (Wildman–Crippen LogP) is 2.13. The average Bonchev–Trinajstić information content (AvgIpc) is 2.25. The number of aromatic nitrogens is 1. The van der Waals surface area contributed by atoms with Crippen LogP contribution in [0.4, 0.5) is 4.79 Å². The number of hydrogen-bond acceptors (Lipinski definition) is 4. The first kappa shape index (κ1) is 15.7. The monoisotopic (exact) mass is 285 g/mol. The molecule has 1 aromatic rings. The first-order valence-electron chi connectivity index (χ1n) is 6.10. The van der Waals surface area contributed by atoms with Crippen LogP contribution in [0.5, 0.6) is 0 Å². The third-order valence-corrected chi connectivity index (χ3v) is 2.49. The van der Waals surface area contributed by atoms with Crippen molar-refractivity contribution in [3.63, 3.8) is 0 Å². The van der Waals surface area contributed by atoms with E-state index in [1.165, 1.54) is 0 Å². The van der Waals surface area contributed by atoms with E-state index in [4.69, 9.17) is 22.1 Å². The van der Waals surface area contributed by atoms with Gasteiger partial charge in [-0.3, -0.25) is 0 Å². The molecule has 0 bridgehead atoms. The molecule has 0 aliphatic carbocycles. The van der Waals surface area contributed by atoms with Gasteiger partial charge in [-0.15, -0.1) is 0 Å². The van der Waals surface area contributed by atoms with E-state index in [2.05, 4.69) is 10.3 Å². The molecule has 19 heavy (non-hydrogen) atoms. The zero-order chi connectivity index (χ0) is 14.5. The highest BCUT2D eigenvalue weighted by molar-refractivity contribution is 6.29. The SMILES string of the molecule is CC(C)(C)OC(=O)NC(CN)Cc1ccnc(Cl)c1. The molecule has 1 rings (SSSR count). The molecule has 5 nitrogen and oxygen atoms in total. The summed E-state index contributed by atoms with van der Waals surface area (Å²) in [5.74, 6) is 0. The van der Waals surface area contributed by atoms with Crippen LogP contribution in [-0.2, 0) is 11.2 Å². The molecular formula is C13H20ClN3O2. The summed E-state index contributed by atoms with van der Waals surface area (Å²) >= 11 is 5.81. The van der Waals surface area contributed by atoms with Crippen LogP contribution in [-0.4, -0.2) is 29.3 Å². The van der Waals surface area contributed by atoms with E-state index in [-0.39, 0.29) is 6.04 Å². The van der Waals surface area contributed by atoms with Gasteiger partial charge < -0.3 is 15.8 Å². The Morgan fingerprint density at radius 3 is 2.79 bits per heavy atom. The van der Waals surface area contributed by atoms with Crippen molar-refractivity contribution in [2.45, 2.75) is 38.8 Å². The lowest BCUT2D eigenvalue weighted by molar-refractivity contribution is 0.0506. The lowest BCUT2D eigenvalue weighted by atomic mass is 10.1. The quantitative estimate of drug-likeness (QED) is 0.831. The van der Waals surface area contributed by atoms with Gasteiger partial charge in [0.2, 0.25) is 0 Å². The van der Waals surface area contributed by atoms with Crippen LogP contribution in [0.3, 0.4) is 0 Å². The lowest BCUT2D eigenvalue weighted by Gasteiger charge is -2.23. The van der Waals surface area contributed by atoms with Crippen molar-refractivity contribution < 1.29 is 9.53 Å². The van der Waals surface area contributed by atoms with Gasteiger partial charge in [-0.05, 0) is 44.9 Å². The maximum absolute atomic E-state index is 11.7. The minimum absolute atomic E-state index is 0.201. The maximum atomic E-state index is 11.7. The molecule has 1 aromatic heterocycles. The summed E-state index contributed by atoms with van der Waals surface area (Å²) in [5.41, 5.74) is 6.09. The van der Waals surface area contributed by atoms with Gasteiger partial charge in [0.05, 0.1) is 0 Å². The molecule has 0 spiro atoms. The number of nitrogens with zero attached hydrogens (tertiary/aromatic N) is 1. The number of pyridine rings is 1. The highest BCUT2D eigenvalue weighted by Crippen LogP contribution is 2.10. The van der Waals surface area contributed by atoms with Crippen LogP contribution in [0.25, 0.3) is 0 Å². The van der Waals surface area contributed by atoms with E-state index in [0.29, 0.717) is 18.1 Å². The first-order chi connectivity index (χ1) is 8.80. The number of ether oxygens (including phenoxy) is 1. The number of rotatable bonds is 4. The number of alkyl carbamates (subject to hydrolysis) is 1. The summed E-state index contributed by atoms with van der Waals surface area (Å²) in [5, 5.41) is 3.16. The zero-order valence-electron chi connectivity index (χ0n) is 11.4. The number of nitrogens with two attached hydrogens (primary N) is 1. The van der Waals surface area contributed by atoms with Gasteiger partial charge in [0.1, 0.15) is 10.8 Å². The topological polar surface area (TPSA) is 77.2 Å². The van der Waals surface area contributed by atoms with Gasteiger partial charge in [-0.2, -0.15) is 0 Å². The molecular weight excluding hydrogens is 266 g/mol. The molecule has 106 valence electrons. The molecule has 0 saturated heterocycles. The van der Waals surface area contributed by atoms with Crippen molar-refractivity contribution in [3.05, 3.63) is 29.0 Å². The zero-order valence-corrected chi connectivity index (χ0v) is 12.2. The molecule has 0 aromatic carbocycles. The van der Waals surface area contributed by atoms with Gasteiger partial charge >= 0.3 is 6.09 Å². The molecule has 0 aliphatic rings. The van der Waals surface area contributed by atoms with Crippen molar-refractivity contribution in [2.75, 3.05) is 6.54 Å². The smallest absolute Gasteiger partial charge is 0.407 e. The highest BCUT2D eigenvalue weighted by atomic mass is 35.5. The van der Waals surface area contributed by atoms with E-state index in [0.717, 1.165) is 5.56 Å². The van der Waals surface area contributed by atoms with Gasteiger partial charge in [0.15, 0.2) is 0 Å². The Morgan fingerprint density at radius 2 is 2.26 bits per heavy atom. The normalized spacial score (nSPS) is 12.9. The number of carbonyl (C=O) groups excluding carboxylic acids is 1. The molecule has 1 unspecified atom stereocenters.